The molecule has 0 fully saturated rings. The van der Waals surface area contributed by atoms with Crippen LogP contribution in [-0.4, -0.2) is 19.6 Å². The summed E-state index contributed by atoms with van der Waals surface area (Å²) in [5, 5.41) is 9.10. The summed E-state index contributed by atoms with van der Waals surface area (Å²) in [5.74, 6) is 0. The maximum absolute atomic E-state index is 5.91. The van der Waals surface area contributed by atoms with Crippen molar-refractivity contribution in [3.8, 4) is 0 Å². The maximum Gasteiger partial charge on any atom is 0.141 e. The van der Waals surface area contributed by atoms with E-state index in [0.717, 1.165) is 16.7 Å². The van der Waals surface area contributed by atoms with Gasteiger partial charge in [-0.15, -0.1) is 0 Å². The first-order chi connectivity index (χ1) is 7.15. The second kappa shape index (κ2) is 4.52. The summed E-state index contributed by atoms with van der Waals surface area (Å²) in [5.41, 5.74) is 1.21. The van der Waals surface area contributed by atoms with Gasteiger partial charge in [0.15, 0.2) is 0 Å². The van der Waals surface area contributed by atoms with E-state index in [9.17, 15) is 0 Å². The van der Waals surface area contributed by atoms with Gasteiger partial charge in [-0.2, -0.15) is 10.2 Å². The van der Waals surface area contributed by atoms with Gasteiger partial charge in [0.2, 0.25) is 0 Å². The summed E-state index contributed by atoms with van der Waals surface area (Å²) >= 11 is 8.03. The maximum atomic E-state index is 5.91. The average molecular weight is 337 g/mol. The van der Waals surface area contributed by atoms with Crippen LogP contribution in [0.25, 0.3) is 0 Å². The van der Waals surface area contributed by atoms with Gasteiger partial charge in [0.1, 0.15) is 3.70 Å². The number of halogens is 2. The summed E-state index contributed by atoms with van der Waals surface area (Å²) in [6.45, 7) is 0.828. The fourth-order valence-corrected chi connectivity index (χ4v) is 1.90. The molecule has 0 saturated carbocycles. The Morgan fingerprint density at radius 3 is 2.80 bits per heavy atom. The monoisotopic (exact) mass is 336 g/mol. The number of hydrogen-bond acceptors (Lipinski definition) is 2. The van der Waals surface area contributed by atoms with E-state index < -0.39 is 0 Å². The molecule has 0 aliphatic heterocycles. The van der Waals surface area contributed by atoms with Crippen molar-refractivity contribution in [3.63, 3.8) is 0 Å². The third kappa shape index (κ3) is 2.72. The van der Waals surface area contributed by atoms with Crippen molar-refractivity contribution in [1.82, 2.24) is 19.6 Å². The lowest BCUT2D eigenvalue weighted by Crippen LogP contribution is -2.01. The van der Waals surface area contributed by atoms with Crippen LogP contribution >= 0.6 is 34.2 Å². The van der Waals surface area contributed by atoms with Crippen LogP contribution in [0, 0.1) is 3.70 Å². The fourth-order valence-electron chi connectivity index (χ4n) is 1.33. The molecule has 2 rings (SSSR count). The minimum absolute atomic E-state index is 0.710. The second-order valence-electron chi connectivity index (χ2n) is 3.30. The minimum atomic E-state index is 0.710. The van der Waals surface area contributed by atoms with Crippen LogP contribution in [0.2, 0.25) is 5.02 Å². The predicted molar refractivity (Wildman–Crippen MR) is 66.9 cm³/mol. The molecular weight excluding hydrogens is 326 g/mol. The SMILES string of the molecule is Cn1cc(CCn2cc(Cl)c(I)n2)cn1. The van der Waals surface area contributed by atoms with Crippen LogP contribution in [0.3, 0.4) is 0 Å². The highest BCUT2D eigenvalue weighted by Gasteiger charge is 2.03. The van der Waals surface area contributed by atoms with Gasteiger partial charge in [-0.1, -0.05) is 11.6 Å². The average Bonchev–Trinajstić information content (AvgIpc) is 2.72. The summed E-state index contributed by atoms with van der Waals surface area (Å²) < 4.78 is 4.51. The molecule has 2 aromatic heterocycles. The summed E-state index contributed by atoms with van der Waals surface area (Å²) in [7, 11) is 1.91. The molecule has 0 bridgehead atoms. The van der Waals surface area contributed by atoms with Crippen LogP contribution in [0.5, 0.6) is 0 Å². The first-order valence-electron chi connectivity index (χ1n) is 4.51. The van der Waals surface area contributed by atoms with Crippen molar-refractivity contribution in [2.75, 3.05) is 0 Å². The van der Waals surface area contributed by atoms with Gasteiger partial charge >= 0.3 is 0 Å². The van der Waals surface area contributed by atoms with Crippen molar-refractivity contribution in [2.24, 2.45) is 7.05 Å². The van der Waals surface area contributed by atoms with E-state index in [-0.39, 0.29) is 0 Å². The molecule has 6 heteroatoms. The quantitative estimate of drug-likeness (QED) is 0.805. The topological polar surface area (TPSA) is 35.6 Å². The van der Waals surface area contributed by atoms with E-state index in [2.05, 4.69) is 32.8 Å². The minimum Gasteiger partial charge on any atom is -0.276 e. The zero-order valence-corrected chi connectivity index (χ0v) is 11.1. The predicted octanol–water partition coefficient (Wildman–Crippen LogP) is 2.12. The van der Waals surface area contributed by atoms with Gasteiger partial charge in [0.25, 0.3) is 0 Å². The molecular formula is C9H10ClIN4. The number of rotatable bonds is 3. The van der Waals surface area contributed by atoms with Gasteiger partial charge in [-0.25, -0.2) is 0 Å². The first kappa shape index (κ1) is 10.9. The van der Waals surface area contributed by atoms with Crippen molar-refractivity contribution >= 4 is 34.2 Å². The molecule has 0 radical (unpaired) electrons. The van der Waals surface area contributed by atoms with Crippen molar-refractivity contribution in [3.05, 3.63) is 32.9 Å². The van der Waals surface area contributed by atoms with Gasteiger partial charge in [0.05, 0.1) is 11.2 Å². The van der Waals surface area contributed by atoms with E-state index in [0.29, 0.717) is 5.02 Å². The van der Waals surface area contributed by atoms with E-state index >= 15 is 0 Å². The van der Waals surface area contributed by atoms with Gasteiger partial charge in [0, 0.05) is 26.0 Å². The molecule has 15 heavy (non-hydrogen) atoms. The molecule has 0 unspecified atom stereocenters. The first-order valence-corrected chi connectivity index (χ1v) is 5.97. The van der Waals surface area contributed by atoms with Crippen LogP contribution < -0.4 is 0 Å². The fraction of sp³-hybridized carbons (Fsp3) is 0.333. The molecule has 0 aromatic carbocycles. The van der Waals surface area contributed by atoms with E-state index in [4.69, 9.17) is 11.6 Å². The second-order valence-corrected chi connectivity index (χ2v) is 4.73. The Balaban J connectivity index is 1.99. The number of nitrogens with zero attached hydrogens (tertiary/aromatic N) is 4. The van der Waals surface area contributed by atoms with Gasteiger partial charge < -0.3 is 0 Å². The van der Waals surface area contributed by atoms with Crippen LogP contribution in [-0.2, 0) is 20.0 Å². The third-order valence-electron chi connectivity index (χ3n) is 2.06. The molecule has 0 spiro atoms. The molecule has 2 heterocycles. The summed E-state index contributed by atoms with van der Waals surface area (Å²) in [4.78, 5) is 0. The Labute approximate surface area is 106 Å². The molecule has 0 N–H and O–H groups in total. The molecule has 0 saturated heterocycles. The molecule has 2 aromatic rings. The highest BCUT2D eigenvalue weighted by atomic mass is 127. The Morgan fingerprint density at radius 1 is 1.47 bits per heavy atom. The van der Waals surface area contributed by atoms with Crippen molar-refractivity contribution < 1.29 is 0 Å². The number of hydrogen-bond donors (Lipinski definition) is 0. The summed E-state index contributed by atoms with van der Waals surface area (Å²) in [6, 6.07) is 0. The zero-order valence-electron chi connectivity index (χ0n) is 8.19. The molecule has 0 amide bonds. The van der Waals surface area contributed by atoms with Crippen LogP contribution in [0.4, 0.5) is 0 Å². The lowest BCUT2D eigenvalue weighted by molar-refractivity contribution is 0.610. The smallest absolute Gasteiger partial charge is 0.141 e. The molecule has 0 aliphatic rings. The largest absolute Gasteiger partial charge is 0.276 e. The third-order valence-corrected chi connectivity index (χ3v) is 3.46. The van der Waals surface area contributed by atoms with Gasteiger partial charge in [-0.05, 0) is 34.6 Å². The van der Waals surface area contributed by atoms with Crippen LogP contribution in [0.15, 0.2) is 18.6 Å². The lowest BCUT2D eigenvalue weighted by Gasteiger charge is -1.97. The standard InChI is InChI=1S/C9H10ClIN4/c1-14-5-7(4-12-14)2-3-15-6-8(10)9(11)13-15/h4-6H,2-3H2,1H3. The van der Waals surface area contributed by atoms with E-state index in [1.807, 2.05) is 30.3 Å². The Bertz CT molecular complexity index is 443. The highest BCUT2D eigenvalue weighted by Crippen LogP contribution is 2.15. The highest BCUT2D eigenvalue weighted by molar-refractivity contribution is 14.1. The van der Waals surface area contributed by atoms with Crippen molar-refractivity contribution in [1.29, 1.82) is 0 Å². The summed E-state index contributed by atoms with van der Waals surface area (Å²) in [6.07, 6.45) is 6.65. The molecule has 0 aliphatic carbocycles. The normalized spacial score (nSPS) is 10.9. The molecule has 80 valence electrons. The number of aryl methyl sites for hydroxylation is 3. The van der Waals surface area contributed by atoms with Crippen molar-refractivity contribution in [2.45, 2.75) is 13.0 Å². The lowest BCUT2D eigenvalue weighted by atomic mass is 10.2. The Morgan fingerprint density at radius 2 is 2.27 bits per heavy atom. The molecule has 4 nitrogen and oxygen atoms in total. The zero-order chi connectivity index (χ0) is 10.8. The van der Waals surface area contributed by atoms with Crippen LogP contribution in [0.1, 0.15) is 5.56 Å². The Kier molecular flexibility index (Phi) is 3.30. The Hall–Kier alpha value is -0.560. The number of aromatic nitrogens is 4. The molecule has 0 atom stereocenters. The van der Waals surface area contributed by atoms with E-state index in [1.54, 1.807) is 4.68 Å². The van der Waals surface area contributed by atoms with E-state index in [1.165, 1.54) is 5.56 Å². The van der Waals surface area contributed by atoms with Gasteiger partial charge in [-0.3, -0.25) is 9.36 Å².